The molecule has 0 aromatic heterocycles. The molecular weight excluding hydrogens is 570 g/mol. The molecule has 0 unspecified atom stereocenters. The van der Waals surface area contributed by atoms with Crippen LogP contribution in [-0.2, 0) is 44.8 Å². The van der Waals surface area contributed by atoms with E-state index in [1.54, 1.807) is 0 Å². The van der Waals surface area contributed by atoms with Crippen LogP contribution in [0, 0.1) is 0 Å². The normalized spacial score (nSPS) is 0. The molecule has 2 radical (unpaired) electrons. The Morgan fingerprint density at radius 2 is 1.00 bits per heavy atom. The smallest absolute Gasteiger partial charge is 0 e. The fourth-order valence-electron chi connectivity index (χ4n) is 0. The van der Waals surface area contributed by atoms with Crippen molar-refractivity contribution < 1.29 is 44.8 Å². The summed E-state index contributed by atoms with van der Waals surface area (Å²) in [7, 11) is 0. The van der Waals surface area contributed by atoms with E-state index in [2.05, 4.69) is 0 Å². The van der Waals surface area contributed by atoms with Crippen LogP contribution in [0.15, 0.2) is 0 Å². The predicted molar refractivity (Wildman–Crippen MR) is 18.5 cm³/mol. The van der Waals surface area contributed by atoms with Crippen LogP contribution in [0.1, 0.15) is 0 Å². The summed E-state index contributed by atoms with van der Waals surface area (Å²) < 4.78 is 0. The largest absolute Gasteiger partial charge is 0 e. The molecule has 0 aliphatic carbocycles. The van der Waals surface area contributed by atoms with Gasteiger partial charge >= 0.3 is 71.7 Å². The molecule has 0 amide bonds. The van der Waals surface area contributed by atoms with Crippen LogP contribution in [0.25, 0.3) is 0 Å². The molecule has 0 aliphatic heterocycles. The van der Waals surface area contributed by atoms with E-state index in [-0.39, 0.29) is 116 Å². The van der Waals surface area contributed by atoms with Gasteiger partial charge in [-0.3, -0.25) is 0 Å². The van der Waals surface area contributed by atoms with Gasteiger partial charge in [-0.15, -0.1) is 0 Å². The minimum absolute atomic E-state index is 0. The molecule has 22 valence electrons. The monoisotopic (exact) mass is 576 g/mol. The van der Waals surface area contributed by atoms with Gasteiger partial charge < -0.3 is 0 Å². The maximum absolute atomic E-state index is 0. The Kier molecular flexibility index (Phi) is 98.3. The molecule has 0 aromatic rings. The van der Waals surface area contributed by atoms with Crippen molar-refractivity contribution in [1.82, 2.24) is 0 Å². The SMILES string of the molecule is [BiH3].[Nb].[SrH2].[Ta]. The molecule has 0 N–H and O–H groups in total. The van der Waals surface area contributed by atoms with E-state index in [0.29, 0.717) is 0 Å². The Balaban J connectivity index is 0. The molecule has 0 atom stereocenters. The molecule has 0 spiro atoms. The van der Waals surface area contributed by atoms with Crippen LogP contribution in [-0.4, -0.2) is 71.7 Å². The molecule has 0 saturated carbocycles. The predicted octanol–water partition coefficient (Wildman–Crippen LogP) is -2.11. The molecule has 0 heterocycles. The summed E-state index contributed by atoms with van der Waals surface area (Å²) >= 11 is 0. The first kappa shape index (κ1) is 24.9. The molecule has 0 rings (SSSR count). The van der Waals surface area contributed by atoms with Crippen molar-refractivity contribution in [2.24, 2.45) is 0 Å². The third kappa shape index (κ3) is 9.28. The Labute approximate surface area is 113 Å². The maximum atomic E-state index is 0. The summed E-state index contributed by atoms with van der Waals surface area (Å²) in [5.74, 6) is 0. The third-order valence-electron chi connectivity index (χ3n) is 0. The molecule has 0 nitrogen and oxygen atoms in total. The zero-order chi connectivity index (χ0) is 0. The van der Waals surface area contributed by atoms with Gasteiger partial charge in [0.25, 0.3) is 0 Å². The molecule has 4 heavy (non-hydrogen) atoms. The summed E-state index contributed by atoms with van der Waals surface area (Å²) in [6.45, 7) is 0. The summed E-state index contributed by atoms with van der Waals surface area (Å²) in [4.78, 5) is 0. The number of rotatable bonds is 0. The van der Waals surface area contributed by atoms with Crippen molar-refractivity contribution in [3.05, 3.63) is 0 Å². The minimum Gasteiger partial charge on any atom is 0 e. The average Bonchev–Trinajstić information content (AvgIpc) is 0. The summed E-state index contributed by atoms with van der Waals surface area (Å²) in [5, 5.41) is 0. The fourth-order valence-corrected chi connectivity index (χ4v) is 0. The van der Waals surface area contributed by atoms with Crippen molar-refractivity contribution >= 4 is 71.7 Å². The van der Waals surface area contributed by atoms with Gasteiger partial charge in [0.2, 0.25) is 0 Å². The second-order valence-electron chi connectivity index (χ2n) is 0. The molecule has 0 fully saturated rings. The van der Waals surface area contributed by atoms with Gasteiger partial charge in [0.05, 0.1) is 0 Å². The zero-order valence-electron chi connectivity index (χ0n) is 1.60. The standard InChI is InChI=1S/Bi.Nb.Sr.Ta.5H. The van der Waals surface area contributed by atoms with Gasteiger partial charge in [-0.2, -0.15) is 0 Å². The van der Waals surface area contributed by atoms with Crippen LogP contribution < -0.4 is 0 Å². The summed E-state index contributed by atoms with van der Waals surface area (Å²) in [6.07, 6.45) is 0. The minimum atomic E-state index is 0. The first-order valence-corrected chi connectivity index (χ1v) is 0. The summed E-state index contributed by atoms with van der Waals surface area (Å²) in [6, 6.07) is 0. The first-order valence-electron chi connectivity index (χ1n) is 0. The van der Waals surface area contributed by atoms with Gasteiger partial charge in [-0.05, 0) is 0 Å². The fraction of sp³-hybridized carbons (Fsp3) is 0. The molecule has 4 heteroatoms. The summed E-state index contributed by atoms with van der Waals surface area (Å²) in [5.41, 5.74) is 0. The second-order valence-corrected chi connectivity index (χ2v) is 0. The number of hydrogen-bond donors (Lipinski definition) is 0. The first-order chi connectivity index (χ1) is 0. The van der Waals surface area contributed by atoms with Gasteiger partial charge in [-0.25, -0.2) is 0 Å². The van der Waals surface area contributed by atoms with E-state index in [1.165, 1.54) is 0 Å². The zero-order valence-corrected chi connectivity index (χ0v) is 12.5. The Morgan fingerprint density at radius 1 is 1.00 bits per heavy atom. The van der Waals surface area contributed by atoms with Crippen molar-refractivity contribution in [2.75, 3.05) is 0 Å². The van der Waals surface area contributed by atoms with Crippen molar-refractivity contribution in [2.45, 2.75) is 0 Å². The Bertz CT molecular complexity index is 8.00. The number of hydrogen-bond acceptors (Lipinski definition) is 0. The van der Waals surface area contributed by atoms with E-state index in [1.807, 2.05) is 0 Å². The van der Waals surface area contributed by atoms with Gasteiger partial charge in [0.1, 0.15) is 0 Å². The van der Waals surface area contributed by atoms with Crippen molar-refractivity contribution in [3.8, 4) is 0 Å². The third-order valence-corrected chi connectivity index (χ3v) is 0. The molecule has 0 aliphatic rings. The molecule has 0 aromatic carbocycles. The molecular formula is H5BiNbSrTa. The van der Waals surface area contributed by atoms with E-state index < -0.39 is 0 Å². The second kappa shape index (κ2) is 15.8. The van der Waals surface area contributed by atoms with E-state index in [0.717, 1.165) is 0 Å². The van der Waals surface area contributed by atoms with Crippen LogP contribution in [0.4, 0.5) is 0 Å². The van der Waals surface area contributed by atoms with Crippen LogP contribution in [0.5, 0.6) is 0 Å². The van der Waals surface area contributed by atoms with Gasteiger partial charge in [0.15, 0.2) is 0 Å². The van der Waals surface area contributed by atoms with Gasteiger partial charge in [-0.1, -0.05) is 0 Å². The molecule has 0 bridgehead atoms. The topological polar surface area (TPSA) is 0 Å². The van der Waals surface area contributed by atoms with Gasteiger partial charge in [0, 0.05) is 44.8 Å². The van der Waals surface area contributed by atoms with E-state index >= 15 is 0 Å². The van der Waals surface area contributed by atoms with Crippen LogP contribution >= 0.6 is 0 Å². The van der Waals surface area contributed by atoms with E-state index in [9.17, 15) is 0 Å². The van der Waals surface area contributed by atoms with Crippen LogP contribution in [0.3, 0.4) is 0 Å². The quantitative estimate of drug-likeness (QED) is 0.291. The maximum Gasteiger partial charge on any atom is 0 e. The van der Waals surface area contributed by atoms with Crippen LogP contribution in [0.2, 0.25) is 0 Å². The van der Waals surface area contributed by atoms with Crippen molar-refractivity contribution in [3.63, 3.8) is 0 Å². The molecule has 0 saturated heterocycles. The van der Waals surface area contributed by atoms with Crippen molar-refractivity contribution in [1.29, 1.82) is 0 Å². The Hall–Kier alpha value is 3.84. The van der Waals surface area contributed by atoms with E-state index in [4.69, 9.17) is 0 Å². The Morgan fingerprint density at radius 3 is 1.00 bits per heavy atom. The average molecular weight is 575 g/mol.